The van der Waals surface area contributed by atoms with Gasteiger partial charge in [-0.25, -0.2) is 0 Å². The molecule has 2 atom stereocenters. The third-order valence-electron chi connectivity index (χ3n) is 3.01. The van der Waals surface area contributed by atoms with E-state index in [4.69, 9.17) is 14.6 Å². The van der Waals surface area contributed by atoms with Crippen LogP contribution in [0, 0.1) is 0 Å². The molecule has 0 aromatic heterocycles. The molecule has 0 heterocycles. The van der Waals surface area contributed by atoms with E-state index in [1.807, 2.05) is 6.07 Å². The Morgan fingerprint density at radius 2 is 1.90 bits per heavy atom. The molecule has 0 bridgehead atoms. The van der Waals surface area contributed by atoms with Gasteiger partial charge in [0.15, 0.2) is 6.10 Å². The summed E-state index contributed by atoms with van der Waals surface area (Å²) in [6.45, 7) is 1.72. The number of benzene rings is 1. The van der Waals surface area contributed by atoms with E-state index in [1.165, 1.54) is 14.2 Å². The minimum atomic E-state index is -1.01. The summed E-state index contributed by atoms with van der Waals surface area (Å²) in [5, 5.41) is 11.7. The molecule has 1 rings (SSSR count). The van der Waals surface area contributed by atoms with Gasteiger partial charge in [-0.3, -0.25) is 9.59 Å². The maximum absolute atomic E-state index is 12.4. The van der Waals surface area contributed by atoms with Crippen LogP contribution in [0.5, 0.6) is 0 Å². The highest BCUT2D eigenvalue weighted by Crippen LogP contribution is 2.19. The van der Waals surface area contributed by atoms with Crippen LogP contribution in [-0.4, -0.2) is 43.3 Å². The first kappa shape index (κ1) is 17.1. The number of carboxylic acid groups (broad SMARTS) is 1. The van der Waals surface area contributed by atoms with Crippen LogP contribution in [0.15, 0.2) is 30.3 Å². The van der Waals surface area contributed by atoms with E-state index in [9.17, 15) is 9.59 Å². The van der Waals surface area contributed by atoms with E-state index < -0.39 is 23.5 Å². The number of hydrogen-bond acceptors (Lipinski definition) is 4. The predicted octanol–water partition coefficient (Wildman–Crippen LogP) is 1.37. The van der Waals surface area contributed by atoms with Crippen molar-refractivity contribution in [2.45, 2.75) is 25.0 Å². The molecule has 1 amide bonds. The van der Waals surface area contributed by atoms with E-state index in [1.54, 1.807) is 31.2 Å². The zero-order valence-corrected chi connectivity index (χ0v) is 12.5. The number of nitrogens with one attached hydrogen (secondary N) is 1. The average Bonchev–Trinajstić information content (AvgIpc) is 2.39. The van der Waals surface area contributed by atoms with Gasteiger partial charge in [0.1, 0.15) is 0 Å². The SMILES string of the molecule is COCC(C)(CC(=O)O)NC(=O)C(OC)c1ccccc1. The Balaban J connectivity index is 2.87. The molecule has 0 saturated carbocycles. The third-order valence-corrected chi connectivity index (χ3v) is 3.01. The maximum Gasteiger partial charge on any atom is 0.305 e. The molecule has 0 fully saturated rings. The van der Waals surface area contributed by atoms with Gasteiger partial charge in [-0.05, 0) is 12.5 Å². The molecule has 2 N–H and O–H groups in total. The molecule has 0 aliphatic carbocycles. The Morgan fingerprint density at radius 1 is 1.29 bits per heavy atom. The Labute approximate surface area is 124 Å². The lowest BCUT2D eigenvalue weighted by Gasteiger charge is -2.30. The molecule has 1 aromatic carbocycles. The lowest BCUT2D eigenvalue weighted by molar-refractivity contribution is -0.141. The molecule has 1 aromatic rings. The van der Waals surface area contributed by atoms with Crippen LogP contribution in [0.1, 0.15) is 25.0 Å². The monoisotopic (exact) mass is 295 g/mol. The highest BCUT2D eigenvalue weighted by atomic mass is 16.5. The fraction of sp³-hybridized carbons (Fsp3) is 0.467. The molecule has 0 radical (unpaired) electrons. The van der Waals surface area contributed by atoms with Crippen LogP contribution in [-0.2, 0) is 19.1 Å². The van der Waals surface area contributed by atoms with Crippen LogP contribution in [0.25, 0.3) is 0 Å². The first-order chi connectivity index (χ1) is 9.91. The van der Waals surface area contributed by atoms with E-state index >= 15 is 0 Å². The van der Waals surface area contributed by atoms with Gasteiger partial charge >= 0.3 is 5.97 Å². The fourth-order valence-corrected chi connectivity index (χ4v) is 2.17. The number of rotatable bonds is 8. The molecular formula is C15H21NO5. The van der Waals surface area contributed by atoms with Crippen molar-refractivity contribution in [2.75, 3.05) is 20.8 Å². The lowest BCUT2D eigenvalue weighted by Crippen LogP contribution is -2.52. The normalized spacial score (nSPS) is 15.0. The van der Waals surface area contributed by atoms with Crippen LogP contribution >= 0.6 is 0 Å². The molecule has 2 unspecified atom stereocenters. The number of carbonyl (C=O) groups is 2. The average molecular weight is 295 g/mol. The Bertz CT molecular complexity index is 476. The third kappa shape index (κ3) is 5.17. The molecule has 21 heavy (non-hydrogen) atoms. The van der Waals surface area contributed by atoms with Gasteiger partial charge in [-0.2, -0.15) is 0 Å². The van der Waals surface area contributed by atoms with Crippen LogP contribution in [0.3, 0.4) is 0 Å². The van der Waals surface area contributed by atoms with Crippen LogP contribution in [0.2, 0.25) is 0 Å². The van der Waals surface area contributed by atoms with Crippen molar-refractivity contribution in [2.24, 2.45) is 0 Å². The number of carbonyl (C=O) groups excluding carboxylic acids is 1. The zero-order chi connectivity index (χ0) is 15.9. The zero-order valence-electron chi connectivity index (χ0n) is 12.5. The fourth-order valence-electron chi connectivity index (χ4n) is 2.17. The molecule has 0 aliphatic heterocycles. The van der Waals surface area contributed by atoms with Crippen molar-refractivity contribution in [3.8, 4) is 0 Å². The summed E-state index contributed by atoms with van der Waals surface area (Å²) in [6, 6.07) is 9.01. The second-order valence-corrected chi connectivity index (χ2v) is 5.08. The van der Waals surface area contributed by atoms with E-state index in [2.05, 4.69) is 5.32 Å². The van der Waals surface area contributed by atoms with E-state index in [0.717, 1.165) is 0 Å². The summed E-state index contributed by atoms with van der Waals surface area (Å²) in [5.41, 5.74) is -0.295. The largest absolute Gasteiger partial charge is 0.481 e. The number of ether oxygens (including phenoxy) is 2. The van der Waals surface area contributed by atoms with Gasteiger partial charge in [0.05, 0.1) is 18.6 Å². The van der Waals surface area contributed by atoms with Crippen LogP contribution < -0.4 is 5.32 Å². The maximum atomic E-state index is 12.4. The Kier molecular flexibility index (Phi) is 6.33. The minimum absolute atomic E-state index is 0.0935. The van der Waals surface area contributed by atoms with Gasteiger partial charge in [0.25, 0.3) is 5.91 Å². The summed E-state index contributed by atoms with van der Waals surface area (Å²) in [4.78, 5) is 23.3. The summed E-state index contributed by atoms with van der Waals surface area (Å²) in [6.07, 6.45) is -1.03. The quantitative estimate of drug-likeness (QED) is 0.756. The Morgan fingerprint density at radius 3 is 2.38 bits per heavy atom. The lowest BCUT2D eigenvalue weighted by atomic mass is 9.97. The van der Waals surface area contributed by atoms with E-state index in [0.29, 0.717) is 5.56 Å². The highest BCUT2D eigenvalue weighted by molar-refractivity contribution is 5.83. The predicted molar refractivity (Wildman–Crippen MR) is 76.9 cm³/mol. The first-order valence-electron chi connectivity index (χ1n) is 6.52. The second-order valence-electron chi connectivity index (χ2n) is 5.08. The molecular weight excluding hydrogens is 274 g/mol. The summed E-state index contributed by atoms with van der Waals surface area (Å²) < 4.78 is 10.2. The topological polar surface area (TPSA) is 84.9 Å². The van der Waals surface area contributed by atoms with Crippen molar-refractivity contribution in [1.29, 1.82) is 0 Å². The first-order valence-corrected chi connectivity index (χ1v) is 6.52. The van der Waals surface area contributed by atoms with Gasteiger partial charge in [0, 0.05) is 14.2 Å². The van der Waals surface area contributed by atoms with Gasteiger partial charge in [-0.1, -0.05) is 30.3 Å². The van der Waals surface area contributed by atoms with Crippen molar-refractivity contribution < 1.29 is 24.2 Å². The van der Waals surface area contributed by atoms with Gasteiger partial charge < -0.3 is 19.9 Å². The molecule has 0 saturated heterocycles. The van der Waals surface area contributed by atoms with Gasteiger partial charge in [0.2, 0.25) is 0 Å². The van der Waals surface area contributed by atoms with Crippen molar-refractivity contribution in [3.05, 3.63) is 35.9 Å². The minimum Gasteiger partial charge on any atom is -0.481 e. The van der Waals surface area contributed by atoms with Crippen molar-refractivity contribution in [1.82, 2.24) is 5.32 Å². The number of hydrogen-bond donors (Lipinski definition) is 2. The van der Waals surface area contributed by atoms with Crippen LogP contribution in [0.4, 0.5) is 0 Å². The number of methoxy groups -OCH3 is 2. The molecule has 6 nitrogen and oxygen atoms in total. The molecule has 0 aliphatic rings. The Hall–Kier alpha value is -1.92. The molecule has 6 heteroatoms. The summed E-state index contributed by atoms with van der Waals surface area (Å²) >= 11 is 0. The highest BCUT2D eigenvalue weighted by Gasteiger charge is 2.32. The summed E-state index contributed by atoms with van der Waals surface area (Å²) in [7, 11) is 2.89. The number of carboxylic acids is 1. The molecule has 0 spiro atoms. The number of amides is 1. The van der Waals surface area contributed by atoms with E-state index in [-0.39, 0.29) is 13.0 Å². The molecule has 116 valence electrons. The van der Waals surface area contributed by atoms with Crippen molar-refractivity contribution >= 4 is 11.9 Å². The van der Waals surface area contributed by atoms with Gasteiger partial charge in [-0.15, -0.1) is 0 Å². The number of aliphatic carboxylic acids is 1. The smallest absolute Gasteiger partial charge is 0.305 e. The standard InChI is InChI=1S/C15H21NO5/c1-15(10-20-2,9-12(17)18)16-14(19)13(21-3)11-7-5-4-6-8-11/h4-8,13H,9-10H2,1-3H3,(H,16,19)(H,17,18). The summed E-state index contributed by atoms with van der Waals surface area (Å²) in [5.74, 6) is -1.41. The van der Waals surface area contributed by atoms with Crippen molar-refractivity contribution in [3.63, 3.8) is 0 Å². The second kappa shape index (κ2) is 7.75.